The second-order valence-electron chi connectivity index (χ2n) is 13.2. The van der Waals surface area contributed by atoms with Crippen molar-refractivity contribution < 1.29 is 32.6 Å². The van der Waals surface area contributed by atoms with Gasteiger partial charge in [-0.3, -0.25) is 4.79 Å². The van der Waals surface area contributed by atoms with Crippen LogP contribution in [-0.4, -0.2) is 61.3 Å². The minimum absolute atomic E-state index is 0.234. The van der Waals surface area contributed by atoms with Gasteiger partial charge in [-0.1, -0.05) is 0 Å². The number of carbonyl (C=O) groups excluding carboxylic acids is 3. The van der Waals surface area contributed by atoms with Gasteiger partial charge in [-0.05, 0) is 91.2 Å². The molecule has 12 heteroatoms. The van der Waals surface area contributed by atoms with Crippen molar-refractivity contribution in [1.29, 1.82) is 0 Å². The number of imidazole rings is 1. The Balaban J connectivity index is 1.52. The zero-order valence-corrected chi connectivity index (χ0v) is 24.7. The molecule has 1 saturated carbocycles. The standard InChI is InChI=1S/C29H41F2N5O5/c1-27(2,3)40-25(38)34-23(19-9-11-29(30,31)12-10-19)21-17-36-22(33-21)15-18(16-32-36)14-20-8-7-13-35(24(20)37)26(39)41-28(4,5)6/h15-17,19-20,23H,7-14H2,1-6H3,(H,34,38)/t20?,23-/m0/s1. The molecule has 0 bridgehead atoms. The topological polar surface area (TPSA) is 115 Å². The maximum atomic E-state index is 13.9. The fourth-order valence-corrected chi connectivity index (χ4v) is 5.38. The molecule has 1 unspecified atom stereocenters. The van der Waals surface area contributed by atoms with Crippen molar-refractivity contribution in [3.05, 3.63) is 29.7 Å². The first-order valence-corrected chi connectivity index (χ1v) is 14.3. The van der Waals surface area contributed by atoms with Crippen LogP contribution in [0.5, 0.6) is 0 Å². The normalized spacial score (nSPS) is 21.0. The van der Waals surface area contributed by atoms with E-state index in [2.05, 4.69) is 10.4 Å². The number of hydrogen-bond donors (Lipinski definition) is 1. The molecule has 2 aromatic rings. The van der Waals surface area contributed by atoms with Crippen LogP contribution in [0.15, 0.2) is 18.5 Å². The monoisotopic (exact) mass is 577 g/mol. The largest absolute Gasteiger partial charge is 0.444 e. The summed E-state index contributed by atoms with van der Waals surface area (Å²) in [7, 11) is 0. The average Bonchev–Trinajstić information content (AvgIpc) is 3.25. The summed E-state index contributed by atoms with van der Waals surface area (Å²) in [5.41, 5.74) is 0.349. The Morgan fingerprint density at radius 1 is 1.10 bits per heavy atom. The van der Waals surface area contributed by atoms with E-state index in [1.165, 1.54) is 4.90 Å². The summed E-state index contributed by atoms with van der Waals surface area (Å²) in [6.45, 7) is 10.9. The van der Waals surface area contributed by atoms with Crippen molar-refractivity contribution in [3.63, 3.8) is 0 Å². The summed E-state index contributed by atoms with van der Waals surface area (Å²) in [4.78, 5) is 44.2. The van der Waals surface area contributed by atoms with Crippen LogP contribution in [0.25, 0.3) is 5.65 Å². The first kappa shape index (κ1) is 30.6. The van der Waals surface area contributed by atoms with Gasteiger partial charge in [0.15, 0.2) is 5.65 Å². The molecule has 3 heterocycles. The number of halogens is 2. The molecule has 41 heavy (non-hydrogen) atoms. The van der Waals surface area contributed by atoms with Crippen LogP contribution in [0.3, 0.4) is 0 Å². The van der Waals surface area contributed by atoms with Gasteiger partial charge in [-0.25, -0.2) is 32.8 Å². The summed E-state index contributed by atoms with van der Waals surface area (Å²) in [5, 5.41) is 7.32. The number of nitrogens with zero attached hydrogens (tertiary/aromatic N) is 4. The Morgan fingerprint density at radius 3 is 2.39 bits per heavy atom. The molecule has 2 fully saturated rings. The SMILES string of the molecule is CC(C)(C)OC(=O)N[C@H](c1cn2ncc(CC3CCCN(C(=O)OC(C)(C)C)C3=O)cc2n1)C1CCC(F)(F)CC1. The summed E-state index contributed by atoms with van der Waals surface area (Å²) in [6, 6.07) is 1.18. The molecule has 2 aliphatic rings. The summed E-state index contributed by atoms with van der Waals surface area (Å²) in [5.74, 6) is -3.63. The minimum atomic E-state index is -2.71. The highest BCUT2D eigenvalue weighted by atomic mass is 19.3. The smallest absolute Gasteiger partial charge is 0.417 e. The first-order valence-electron chi connectivity index (χ1n) is 14.3. The van der Waals surface area contributed by atoms with Crippen molar-refractivity contribution in [2.75, 3.05) is 6.54 Å². The molecular formula is C29H41F2N5O5. The lowest BCUT2D eigenvalue weighted by atomic mass is 9.81. The number of fused-ring (bicyclic) bond motifs is 1. The molecule has 0 aromatic carbocycles. The predicted octanol–water partition coefficient (Wildman–Crippen LogP) is 5.84. The molecule has 2 aromatic heterocycles. The lowest BCUT2D eigenvalue weighted by Crippen LogP contribution is -2.47. The van der Waals surface area contributed by atoms with Crippen LogP contribution < -0.4 is 5.32 Å². The Kier molecular flexibility index (Phi) is 8.61. The average molecular weight is 578 g/mol. The number of aromatic nitrogens is 3. The number of amides is 3. The highest BCUT2D eigenvalue weighted by Gasteiger charge is 2.40. The van der Waals surface area contributed by atoms with Crippen LogP contribution in [0, 0.1) is 11.8 Å². The van der Waals surface area contributed by atoms with Crippen LogP contribution in [0.2, 0.25) is 0 Å². The molecule has 1 aliphatic heterocycles. The molecule has 1 saturated heterocycles. The number of ether oxygens (including phenoxy) is 2. The number of likely N-dealkylation sites (tertiary alicyclic amines) is 1. The van der Waals surface area contributed by atoms with Gasteiger partial charge >= 0.3 is 12.2 Å². The predicted molar refractivity (Wildman–Crippen MR) is 146 cm³/mol. The van der Waals surface area contributed by atoms with Gasteiger partial charge in [-0.2, -0.15) is 5.10 Å². The molecule has 1 N–H and O–H groups in total. The van der Waals surface area contributed by atoms with Crippen LogP contribution in [-0.2, 0) is 20.7 Å². The second-order valence-corrected chi connectivity index (χ2v) is 13.2. The van der Waals surface area contributed by atoms with Gasteiger partial charge in [0.25, 0.3) is 0 Å². The van der Waals surface area contributed by atoms with E-state index < -0.39 is 41.3 Å². The summed E-state index contributed by atoms with van der Waals surface area (Å²) < 4.78 is 40.2. The summed E-state index contributed by atoms with van der Waals surface area (Å²) >= 11 is 0. The van der Waals surface area contributed by atoms with E-state index in [1.807, 2.05) is 6.07 Å². The molecule has 1 aliphatic carbocycles. The number of imide groups is 1. The molecule has 2 atom stereocenters. The van der Waals surface area contributed by atoms with E-state index in [0.717, 1.165) is 5.56 Å². The van der Waals surface area contributed by atoms with Crippen molar-refractivity contribution in [2.24, 2.45) is 11.8 Å². The van der Waals surface area contributed by atoms with Crippen LogP contribution >= 0.6 is 0 Å². The fourth-order valence-electron chi connectivity index (χ4n) is 5.38. The van der Waals surface area contributed by atoms with E-state index in [9.17, 15) is 23.2 Å². The molecule has 0 spiro atoms. The van der Waals surface area contributed by atoms with E-state index in [0.29, 0.717) is 37.1 Å². The third kappa shape index (κ3) is 8.13. The number of alkyl halides is 2. The molecule has 4 rings (SSSR count). The van der Waals surface area contributed by atoms with Gasteiger partial charge in [0.2, 0.25) is 11.8 Å². The molecule has 3 amide bonds. The first-order chi connectivity index (χ1) is 19.0. The quantitative estimate of drug-likeness (QED) is 0.475. The van der Waals surface area contributed by atoms with E-state index in [1.54, 1.807) is 58.5 Å². The third-order valence-corrected chi connectivity index (χ3v) is 7.27. The maximum Gasteiger partial charge on any atom is 0.417 e. The van der Waals surface area contributed by atoms with Crippen LogP contribution in [0.1, 0.15) is 97.4 Å². The minimum Gasteiger partial charge on any atom is -0.444 e. The highest BCUT2D eigenvalue weighted by Crippen LogP contribution is 2.41. The Hall–Kier alpha value is -3.31. The third-order valence-electron chi connectivity index (χ3n) is 7.27. The molecular weight excluding hydrogens is 536 g/mol. The lowest BCUT2D eigenvalue weighted by molar-refractivity contribution is -0.137. The fraction of sp³-hybridized carbons (Fsp3) is 0.690. The number of rotatable bonds is 5. The zero-order chi connectivity index (χ0) is 30.2. The van der Waals surface area contributed by atoms with Gasteiger partial charge in [0.05, 0.1) is 24.1 Å². The molecule has 10 nitrogen and oxygen atoms in total. The zero-order valence-electron chi connectivity index (χ0n) is 24.7. The van der Waals surface area contributed by atoms with Gasteiger partial charge in [-0.15, -0.1) is 0 Å². The van der Waals surface area contributed by atoms with Crippen molar-refractivity contribution in [3.8, 4) is 0 Å². The molecule has 0 radical (unpaired) electrons. The Labute approximate surface area is 239 Å². The Bertz CT molecular complexity index is 1270. The highest BCUT2D eigenvalue weighted by molar-refractivity contribution is 5.94. The van der Waals surface area contributed by atoms with E-state index in [4.69, 9.17) is 14.5 Å². The van der Waals surface area contributed by atoms with Gasteiger partial charge < -0.3 is 14.8 Å². The number of nitrogens with one attached hydrogen (secondary N) is 1. The van der Waals surface area contributed by atoms with Crippen molar-refractivity contribution in [1.82, 2.24) is 24.8 Å². The lowest BCUT2D eigenvalue weighted by Gasteiger charge is -2.33. The Morgan fingerprint density at radius 2 is 1.76 bits per heavy atom. The number of alkyl carbamates (subject to hydrolysis) is 1. The summed E-state index contributed by atoms with van der Waals surface area (Å²) in [6.07, 6.45) is 3.70. The van der Waals surface area contributed by atoms with Gasteiger partial charge in [0, 0.05) is 25.3 Å². The van der Waals surface area contributed by atoms with E-state index in [-0.39, 0.29) is 37.5 Å². The number of hydrogen-bond acceptors (Lipinski definition) is 7. The molecule has 226 valence electrons. The van der Waals surface area contributed by atoms with Crippen molar-refractivity contribution in [2.45, 2.75) is 110 Å². The number of piperidine rings is 1. The van der Waals surface area contributed by atoms with E-state index >= 15 is 0 Å². The van der Waals surface area contributed by atoms with Gasteiger partial charge in [0.1, 0.15) is 11.2 Å². The maximum absolute atomic E-state index is 13.9. The number of carbonyl (C=O) groups is 3. The van der Waals surface area contributed by atoms with Crippen LogP contribution in [0.4, 0.5) is 18.4 Å². The second kappa shape index (κ2) is 11.5. The van der Waals surface area contributed by atoms with Crippen molar-refractivity contribution >= 4 is 23.7 Å².